The molecule has 1 aromatic rings. The number of benzene rings is 1. The highest BCUT2D eigenvalue weighted by Gasteiger charge is 2.28. The lowest BCUT2D eigenvalue weighted by molar-refractivity contribution is -0.384. The number of nitrogens with two attached hydrogens (primary N) is 1. The SMILES string of the molecule is CN(c1ccc(/C(N)=N/O)cc1[N+](=O)[O-])C(C)(C)CO. The van der Waals surface area contributed by atoms with Crippen molar-refractivity contribution in [3.8, 4) is 0 Å². The van der Waals surface area contributed by atoms with Gasteiger partial charge in [0.05, 0.1) is 17.1 Å². The lowest BCUT2D eigenvalue weighted by Crippen LogP contribution is -2.44. The van der Waals surface area contributed by atoms with Crippen molar-refractivity contribution in [2.75, 3.05) is 18.6 Å². The van der Waals surface area contributed by atoms with Crippen LogP contribution in [0.25, 0.3) is 0 Å². The summed E-state index contributed by atoms with van der Waals surface area (Å²) < 4.78 is 0. The molecule has 0 aliphatic rings. The topological polar surface area (TPSA) is 125 Å². The molecule has 0 bridgehead atoms. The van der Waals surface area contributed by atoms with Crippen molar-refractivity contribution in [2.45, 2.75) is 19.4 Å². The van der Waals surface area contributed by atoms with E-state index in [0.29, 0.717) is 5.69 Å². The molecule has 0 saturated heterocycles. The fraction of sp³-hybridized carbons (Fsp3) is 0.417. The maximum atomic E-state index is 11.2. The van der Waals surface area contributed by atoms with Crippen LogP contribution >= 0.6 is 0 Å². The summed E-state index contributed by atoms with van der Waals surface area (Å²) in [6, 6.07) is 4.25. The molecule has 0 atom stereocenters. The Kier molecular flexibility index (Phi) is 4.51. The summed E-state index contributed by atoms with van der Waals surface area (Å²) in [7, 11) is 1.65. The Balaban J connectivity index is 3.38. The van der Waals surface area contributed by atoms with Gasteiger partial charge in [-0.15, -0.1) is 0 Å². The number of nitro groups is 1. The molecule has 1 rings (SSSR count). The molecule has 8 heteroatoms. The van der Waals surface area contributed by atoms with Crippen molar-refractivity contribution in [3.05, 3.63) is 33.9 Å². The van der Waals surface area contributed by atoms with Gasteiger partial charge in [0.15, 0.2) is 5.84 Å². The van der Waals surface area contributed by atoms with Gasteiger partial charge in [0.2, 0.25) is 0 Å². The number of likely N-dealkylation sites (N-methyl/N-ethyl adjacent to an activating group) is 1. The van der Waals surface area contributed by atoms with Crippen molar-refractivity contribution in [3.63, 3.8) is 0 Å². The Morgan fingerprint density at radius 1 is 1.55 bits per heavy atom. The highest BCUT2D eigenvalue weighted by atomic mass is 16.6. The largest absolute Gasteiger partial charge is 0.409 e. The van der Waals surface area contributed by atoms with Gasteiger partial charge in [-0.2, -0.15) is 0 Å². The monoisotopic (exact) mass is 282 g/mol. The van der Waals surface area contributed by atoms with Crippen LogP contribution in [0.1, 0.15) is 19.4 Å². The van der Waals surface area contributed by atoms with E-state index >= 15 is 0 Å². The molecule has 4 N–H and O–H groups in total. The van der Waals surface area contributed by atoms with E-state index in [9.17, 15) is 15.2 Å². The molecule has 0 spiro atoms. The van der Waals surface area contributed by atoms with E-state index in [-0.39, 0.29) is 23.7 Å². The van der Waals surface area contributed by atoms with Crippen molar-refractivity contribution in [1.29, 1.82) is 0 Å². The molecule has 0 unspecified atom stereocenters. The van der Waals surface area contributed by atoms with Gasteiger partial charge in [0.1, 0.15) is 5.69 Å². The van der Waals surface area contributed by atoms with Gasteiger partial charge in [0, 0.05) is 18.7 Å². The van der Waals surface area contributed by atoms with Crippen molar-refractivity contribution in [1.82, 2.24) is 0 Å². The van der Waals surface area contributed by atoms with Crippen LogP contribution in [0.3, 0.4) is 0 Å². The van der Waals surface area contributed by atoms with Gasteiger partial charge in [0.25, 0.3) is 5.69 Å². The maximum Gasteiger partial charge on any atom is 0.293 e. The van der Waals surface area contributed by atoms with E-state index in [1.54, 1.807) is 25.8 Å². The molecule has 110 valence electrons. The molecule has 0 radical (unpaired) electrons. The highest BCUT2D eigenvalue weighted by molar-refractivity contribution is 5.98. The fourth-order valence-corrected chi connectivity index (χ4v) is 1.60. The molecule has 1 aromatic carbocycles. The minimum Gasteiger partial charge on any atom is -0.409 e. The Hall–Kier alpha value is -2.35. The lowest BCUT2D eigenvalue weighted by Gasteiger charge is -2.35. The standard InChI is InChI=1S/C12H18N4O4/c1-12(2,7-17)15(3)9-5-4-8(11(13)14-18)6-10(9)16(19)20/h4-6,17-18H,7H2,1-3H3,(H2,13,14). The number of hydrogen-bond donors (Lipinski definition) is 3. The molecule has 0 aliphatic heterocycles. The van der Waals surface area contributed by atoms with Gasteiger partial charge in [-0.1, -0.05) is 5.16 Å². The first-order valence-corrected chi connectivity index (χ1v) is 5.85. The first-order valence-electron chi connectivity index (χ1n) is 5.85. The van der Waals surface area contributed by atoms with Crippen LogP contribution in [-0.2, 0) is 0 Å². The van der Waals surface area contributed by atoms with Crippen molar-refractivity contribution < 1.29 is 15.2 Å². The smallest absolute Gasteiger partial charge is 0.293 e. The Bertz CT molecular complexity index is 542. The van der Waals surface area contributed by atoms with Crippen LogP contribution in [0.2, 0.25) is 0 Å². The average Bonchev–Trinajstić information content (AvgIpc) is 2.44. The molecular formula is C12H18N4O4. The molecule has 20 heavy (non-hydrogen) atoms. The van der Waals surface area contributed by atoms with Crippen LogP contribution in [0.15, 0.2) is 23.4 Å². The minimum atomic E-state index is -0.664. The van der Waals surface area contributed by atoms with E-state index in [1.807, 2.05) is 0 Å². The second-order valence-corrected chi connectivity index (χ2v) is 4.98. The molecule has 0 aliphatic carbocycles. The normalized spacial score (nSPS) is 12.3. The number of nitrogens with zero attached hydrogens (tertiary/aromatic N) is 3. The van der Waals surface area contributed by atoms with E-state index in [1.165, 1.54) is 18.2 Å². The zero-order valence-electron chi connectivity index (χ0n) is 11.6. The predicted octanol–water partition coefficient (Wildman–Crippen LogP) is 0.896. The summed E-state index contributed by atoms with van der Waals surface area (Å²) in [5.74, 6) is -0.205. The third kappa shape index (κ3) is 2.97. The molecule has 0 aromatic heterocycles. The van der Waals surface area contributed by atoms with Crippen LogP contribution in [0.5, 0.6) is 0 Å². The number of anilines is 1. The fourth-order valence-electron chi connectivity index (χ4n) is 1.60. The second kappa shape index (κ2) is 5.74. The third-order valence-electron chi connectivity index (χ3n) is 3.23. The molecule has 0 heterocycles. The zero-order valence-corrected chi connectivity index (χ0v) is 11.6. The highest BCUT2D eigenvalue weighted by Crippen LogP contribution is 2.32. The first kappa shape index (κ1) is 15.7. The molecule has 0 fully saturated rings. The molecule has 0 saturated carbocycles. The van der Waals surface area contributed by atoms with Gasteiger partial charge in [-0.05, 0) is 26.0 Å². The molecular weight excluding hydrogens is 264 g/mol. The van der Waals surface area contributed by atoms with Gasteiger partial charge in [-0.3, -0.25) is 10.1 Å². The Labute approximate surface area is 116 Å². The summed E-state index contributed by atoms with van der Waals surface area (Å²) in [5.41, 5.74) is 5.16. The first-order chi connectivity index (χ1) is 9.24. The summed E-state index contributed by atoms with van der Waals surface area (Å²) >= 11 is 0. The summed E-state index contributed by atoms with van der Waals surface area (Å²) in [4.78, 5) is 12.2. The van der Waals surface area contributed by atoms with Crippen LogP contribution in [0, 0.1) is 10.1 Å². The number of rotatable bonds is 5. The Morgan fingerprint density at radius 2 is 2.15 bits per heavy atom. The Morgan fingerprint density at radius 3 is 2.60 bits per heavy atom. The summed E-state index contributed by atoms with van der Waals surface area (Å²) in [5, 5.41) is 32.0. The van der Waals surface area contributed by atoms with Crippen LogP contribution in [-0.4, -0.2) is 40.3 Å². The van der Waals surface area contributed by atoms with Crippen LogP contribution < -0.4 is 10.6 Å². The second-order valence-electron chi connectivity index (χ2n) is 4.98. The summed E-state index contributed by atoms with van der Waals surface area (Å²) in [6.45, 7) is 3.35. The quantitative estimate of drug-likeness (QED) is 0.242. The third-order valence-corrected chi connectivity index (χ3v) is 3.23. The number of nitro benzene ring substituents is 1. The number of aliphatic hydroxyl groups excluding tert-OH is 1. The van der Waals surface area contributed by atoms with Gasteiger partial charge >= 0.3 is 0 Å². The van der Waals surface area contributed by atoms with Gasteiger partial charge < -0.3 is 20.9 Å². The minimum absolute atomic E-state index is 0.164. The predicted molar refractivity (Wildman–Crippen MR) is 75.2 cm³/mol. The molecule has 0 amide bonds. The summed E-state index contributed by atoms with van der Waals surface area (Å²) in [6.07, 6.45) is 0. The average molecular weight is 282 g/mol. The maximum absolute atomic E-state index is 11.2. The number of oxime groups is 1. The van der Waals surface area contributed by atoms with Crippen molar-refractivity contribution >= 4 is 17.2 Å². The van der Waals surface area contributed by atoms with E-state index in [2.05, 4.69) is 5.16 Å². The van der Waals surface area contributed by atoms with Crippen LogP contribution in [0.4, 0.5) is 11.4 Å². The van der Waals surface area contributed by atoms with Gasteiger partial charge in [-0.25, -0.2) is 0 Å². The van der Waals surface area contributed by atoms with Crippen molar-refractivity contribution in [2.24, 2.45) is 10.9 Å². The zero-order chi connectivity index (χ0) is 15.5. The molecule has 8 nitrogen and oxygen atoms in total. The lowest BCUT2D eigenvalue weighted by atomic mass is 10.0. The van der Waals surface area contributed by atoms with E-state index in [0.717, 1.165) is 0 Å². The van der Waals surface area contributed by atoms with E-state index < -0.39 is 10.5 Å². The number of amidine groups is 1. The van der Waals surface area contributed by atoms with E-state index in [4.69, 9.17) is 10.9 Å². The number of hydrogen-bond acceptors (Lipinski definition) is 6. The number of aliphatic hydroxyl groups is 1.